The first-order valence-corrected chi connectivity index (χ1v) is 5.66. The number of piperidine rings is 1. The van der Waals surface area contributed by atoms with Gasteiger partial charge in [-0.1, -0.05) is 0 Å². The number of nitrogens with zero attached hydrogens (tertiary/aromatic N) is 2. The largest absolute Gasteiger partial charge is 0.367 e. The highest BCUT2D eigenvalue weighted by atomic mass is 15.2. The van der Waals surface area contributed by atoms with E-state index in [-0.39, 0.29) is 0 Å². The second-order valence-electron chi connectivity index (χ2n) is 4.35. The SMILES string of the molecule is c1cnc2c(c1)N1CCCCC1CC2. The minimum Gasteiger partial charge on any atom is -0.367 e. The number of aromatic nitrogens is 1. The molecule has 0 amide bonds. The Labute approximate surface area is 85.0 Å². The molecule has 0 saturated carbocycles. The molecule has 1 fully saturated rings. The first-order chi connectivity index (χ1) is 6.95. The second kappa shape index (κ2) is 3.26. The first kappa shape index (κ1) is 8.27. The van der Waals surface area contributed by atoms with Crippen molar-refractivity contribution < 1.29 is 0 Å². The second-order valence-corrected chi connectivity index (χ2v) is 4.35. The van der Waals surface area contributed by atoms with E-state index >= 15 is 0 Å². The minimum absolute atomic E-state index is 0.806. The van der Waals surface area contributed by atoms with E-state index < -0.39 is 0 Å². The van der Waals surface area contributed by atoms with Crippen molar-refractivity contribution in [2.24, 2.45) is 0 Å². The van der Waals surface area contributed by atoms with E-state index in [9.17, 15) is 0 Å². The quantitative estimate of drug-likeness (QED) is 0.621. The van der Waals surface area contributed by atoms with Gasteiger partial charge in [-0.2, -0.15) is 0 Å². The van der Waals surface area contributed by atoms with Gasteiger partial charge < -0.3 is 4.90 Å². The normalized spacial score (nSPS) is 25.4. The van der Waals surface area contributed by atoms with Gasteiger partial charge in [-0.25, -0.2) is 0 Å². The van der Waals surface area contributed by atoms with Crippen LogP contribution in [0.15, 0.2) is 18.3 Å². The topological polar surface area (TPSA) is 16.1 Å². The highest BCUT2D eigenvalue weighted by Crippen LogP contribution is 2.33. The van der Waals surface area contributed by atoms with Crippen LogP contribution in [0.5, 0.6) is 0 Å². The van der Waals surface area contributed by atoms with Gasteiger partial charge in [0.2, 0.25) is 0 Å². The minimum atomic E-state index is 0.806. The lowest BCUT2D eigenvalue weighted by Gasteiger charge is -2.41. The van der Waals surface area contributed by atoms with Crippen molar-refractivity contribution >= 4 is 5.69 Å². The zero-order chi connectivity index (χ0) is 9.38. The fourth-order valence-corrected chi connectivity index (χ4v) is 2.80. The van der Waals surface area contributed by atoms with E-state index in [1.54, 1.807) is 0 Å². The maximum atomic E-state index is 4.47. The molecule has 3 heterocycles. The summed E-state index contributed by atoms with van der Waals surface area (Å²) < 4.78 is 0. The monoisotopic (exact) mass is 188 g/mol. The van der Waals surface area contributed by atoms with Crippen LogP contribution in [-0.4, -0.2) is 17.6 Å². The summed E-state index contributed by atoms with van der Waals surface area (Å²) in [5, 5.41) is 0. The lowest BCUT2D eigenvalue weighted by Crippen LogP contribution is -2.43. The van der Waals surface area contributed by atoms with Gasteiger partial charge in [-0.05, 0) is 44.2 Å². The molecule has 2 heteroatoms. The van der Waals surface area contributed by atoms with Crippen LogP contribution in [0.1, 0.15) is 31.4 Å². The van der Waals surface area contributed by atoms with E-state index in [2.05, 4.69) is 22.0 Å². The van der Waals surface area contributed by atoms with Crippen molar-refractivity contribution in [1.29, 1.82) is 0 Å². The Bertz CT molecular complexity index is 335. The van der Waals surface area contributed by atoms with E-state index in [0.29, 0.717) is 0 Å². The van der Waals surface area contributed by atoms with Crippen molar-refractivity contribution in [1.82, 2.24) is 4.98 Å². The van der Waals surface area contributed by atoms with Gasteiger partial charge in [-0.15, -0.1) is 0 Å². The van der Waals surface area contributed by atoms with Crippen LogP contribution >= 0.6 is 0 Å². The molecular weight excluding hydrogens is 172 g/mol. The third-order valence-electron chi connectivity index (χ3n) is 3.52. The molecule has 0 spiro atoms. The van der Waals surface area contributed by atoms with Gasteiger partial charge in [0.15, 0.2) is 0 Å². The average molecular weight is 188 g/mol. The molecule has 0 radical (unpaired) electrons. The maximum Gasteiger partial charge on any atom is 0.0637 e. The van der Waals surface area contributed by atoms with Gasteiger partial charge in [0.25, 0.3) is 0 Å². The van der Waals surface area contributed by atoms with E-state index in [4.69, 9.17) is 0 Å². The number of rotatable bonds is 0. The summed E-state index contributed by atoms with van der Waals surface area (Å²) in [4.78, 5) is 7.05. The number of fused-ring (bicyclic) bond motifs is 3. The predicted octanol–water partition coefficient (Wildman–Crippen LogP) is 2.39. The molecule has 0 aromatic carbocycles. The molecule has 3 rings (SSSR count). The van der Waals surface area contributed by atoms with Crippen molar-refractivity contribution in [3.63, 3.8) is 0 Å². The summed E-state index contributed by atoms with van der Waals surface area (Å²) in [5.41, 5.74) is 2.72. The molecule has 74 valence electrons. The van der Waals surface area contributed by atoms with Crippen molar-refractivity contribution in [2.75, 3.05) is 11.4 Å². The summed E-state index contributed by atoms with van der Waals surface area (Å²) >= 11 is 0. The molecule has 1 aromatic heterocycles. The molecule has 0 aliphatic carbocycles. The van der Waals surface area contributed by atoms with Gasteiger partial charge in [-0.3, -0.25) is 4.98 Å². The number of pyridine rings is 1. The number of anilines is 1. The molecule has 1 unspecified atom stereocenters. The molecule has 2 nitrogen and oxygen atoms in total. The Hall–Kier alpha value is -1.05. The molecule has 1 atom stereocenters. The molecule has 0 N–H and O–H groups in total. The number of aryl methyl sites for hydroxylation is 1. The molecule has 1 saturated heterocycles. The van der Waals surface area contributed by atoms with Crippen molar-refractivity contribution in [3.05, 3.63) is 24.0 Å². The van der Waals surface area contributed by atoms with Crippen LogP contribution in [-0.2, 0) is 6.42 Å². The average Bonchev–Trinajstić information content (AvgIpc) is 2.29. The maximum absolute atomic E-state index is 4.47. The number of hydrogen-bond acceptors (Lipinski definition) is 2. The summed E-state index contributed by atoms with van der Waals surface area (Å²) in [6, 6.07) is 5.11. The zero-order valence-corrected chi connectivity index (χ0v) is 8.45. The first-order valence-electron chi connectivity index (χ1n) is 5.66. The Kier molecular flexibility index (Phi) is 1.93. The lowest BCUT2D eigenvalue weighted by atomic mass is 9.92. The molecule has 2 aliphatic heterocycles. The Balaban J connectivity index is 1.99. The summed E-state index contributed by atoms with van der Waals surface area (Å²) in [6.07, 6.45) is 8.56. The standard InChI is InChI=1S/C12H16N2/c1-2-9-14-10(4-1)6-7-11-12(14)5-3-8-13-11/h3,5,8,10H,1-2,4,6-7,9H2. The van der Waals surface area contributed by atoms with Crippen LogP contribution in [0.25, 0.3) is 0 Å². The highest BCUT2D eigenvalue weighted by Gasteiger charge is 2.28. The van der Waals surface area contributed by atoms with Gasteiger partial charge in [0.05, 0.1) is 11.4 Å². The van der Waals surface area contributed by atoms with Gasteiger partial charge in [0.1, 0.15) is 0 Å². The van der Waals surface area contributed by atoms with Gasteiger partial charge in [0, 0.05) is 18.8 Å². The third-order valence-corrected chi connectivity index (χ3v) is 3.52. The summed E-state index contributed by atoms with van der Waals surface area (Å²) in [7, 11) is 0. The lowest BCUT2D eigenvalue weighted by molar-refractivity contribution is 0.421. The van der Waals surface area contributed by atoms with E-state index in [1.807, 2.05) is 6.20 Å². The Morgan fingerprint density at radius 2 is 2.29 bits per heavy atom. The molecule has 2 aliphatic rings. The van der Waals surface area contributed by atoms with Crippen LogP contribution in [0, 0.1) is 0 Å². The molecule has 14 heavy (non-hydrogen) atoms. The van der Waals surface area contributed by atoms with Crippen molar-refractivity contribution in [2.45, 2.75) is 38.1 Å². The Morgan fingerprint density at radius 1 is 1.29 bits per heavy atom. The van der Waals surface area contributed by atoms with Crippen LogP contribution in [0.2, 0.25) is 0 Å². The predicted molar refractivity (Wildman–Crippen MR) is 57.5 cm³/mol. The summed E-state index contributed by atoms with van der Waals surface area (Å²) in [6.45, 7) is 1.24. The third kappa shape index (κ3) is 1.21. The van der Waals surface area contributed by atoms with Crippen LogP contribution in [0.3, 0.4) is 0 Å². The molecule has 1 aromatic rings. The molecular formula is C12H16N2. The fourth-order valence-electron chi connectivity index (χ4n) is 2.80. The van der Waals surface area contributed by atoms with E-state index in [1.165, 1.54) is 50.0 Å². The van der Waals surface area contributed by atoms with Gasteiger partial charge >= 0.3 is 0 Å². The highest BCUT2D eigenvalue weighted by molar-refractivity contribution is 5.53. The van der Waals surface area contributed by atoms with Crippen LogP contribution in [0.4, 0.5) is 5.69 Å². The van der Waals surface area contributed by atoms with E-state index in [0.717, 1.165) is 6.04 Å². The number of hydrogen-bond donors (Lipinski definition) is 0. The molecule has 0 bridgehead atoms. The fraction of sp³-hybridized carbons (Fsp3) is 0.583. The Morgan fingerprint density at radius 3 is 3.29 bits per heavy atom. The zero-order valence-electron chi connectivity index (χ0n) is 8.45. The summed E-state index contributed by atoms with van der Waals surface area (Å²) in [5.74, 6) is 0. The van der Waals surface area contributed by atoms with Crippen molar-refractivity contribution in [3.8, 4) is 0 Å². The smallest absolute Gasteiger partial charge is 0.0637 e. The van der Waals surface area contributed by atoms with Crippen LogP contribution < -0.4 is 4.90 Å².